The number of H-pyrrole nitrogens is 1. The van der Waals surface area contributed by atoms with Crippen molar-refractivity contribution >= 4 is 58.1 Å². The van der Waals surface area contributed by atoms with Crippen LogP contribution >= 0.6 is 11.6 Å². The second-order valence-corrected chi connectivity index (χ2v) is 18.7. The monoisotopic (exact) mass is 859 g/mol. The fraction of sp³-hybridized carbons (Fsp3) is 0.565. The summed E-state index contributed by atoms with van der Waals surface area (Å²) in [5, 5.41) is 24.4. The van der Waals surface area contributed by atoms with Gasteiger partial charge in [0.15, 0.2) is 18.1 Å². The van der Waals surface area contributed by atoms with Gasteiger partial charge in [0.1, 0.15) is 10.8 Å². The van der Waals surface area contributed by atoms with Crippen molar-refractivity contribution in [3.63, 3.8) is 0 Å². The van der Waals surface area contributed by atoms with Crippen molar-refractivity contribution in [2.75, 3.05) is 35.2 Å². The Labute approximate surface area is 365 Å². The van der Waals surface area contributed by atoms with Crippen LogP contribution in [0.2, 0.25) is 5.02 Å². The zero-order valence-electron chi connectivity index (χ0n) is 37.3. The lowest BCUT2D eigenvalue weighted by Crippen LogP contribution is -2.57. The number of rotatable bonds is 21. The molecule has 14 nitrogen and oxygen atoms in total. The van der Waals surface area contributed by atoms with Gasteiger partial charge in [-0.25, -0.2) is 9.31 Å². The highest BCUT2D eigenvalue weighted by molar-refractivity contribution is 6.34. The second kappa shape index (κ2) is 20.6. The van der Waals surface area contributed by atoms with Crippen LogP contribution in [0.4, 0.5) is 21.9 Å². The molecule has 5 rings (SSSR count). The third kappa shape index (κ3) is 12.0. The largest absolute Gasteiger partial charge is 0.482 e. The zero-order valence-corrected chi connectivity index (χ0v) is 38.1. The van der Waals surface area contributed by atoms with Crippen molar-refractivity contribution in [2.24, 2.45) is 5.92 Å². The van der Waals surface area contributed by atoms with Crippen molar-refractivity contribution in [3.05, 3.63) is 65.1 Å². The number of fused-ring (bicyclic) bond motifs is 1. The fourth-order valence-electron chi connectivity index (χ4n) is 7.50. The van der Waals surface area contributed by atoms with Gasteiger partial charge in [-0.3, -0.25) is 19.5 Å². The Hall–Kier alpha value is -5.11. The average Bonchev–Trinajstić information content (AvgIpc) is 3.90. The molecule has 0 aliphatic carbocycles. The molecule has 1 saturated heterocycles. The number of benzene rings is 2. The first-order valence-corrected chi connectivity index (χ1v) is 22.2. The number of urea groups is 1. The molecule has 4 aromatic rings. The standard InChI is InChI=1S/C46H66ClN9O5/c1-9-10-11-12-13-14-15-16-17-20-26-48-41(59)31-27-37(58)55(29-31)33-23-21-22-32(28-33)49-43(60)50-34-24-18-19-25-35(34)61-30-36(57)51-46(7,8)45(5,6)42-53-52-40-38(47)39(44(2,3)4)54-56(40)42/h18-19,21-25,28,31,54H,9-17,20,26-27,29-30H2,1-8H3,(H,48,59)(H,51,57)(H2,49,50,60). The van der Waals surface area contributed by atoms with Crippen molar-refractivity contribution in [2.45, 2.75) is 142 Å². The molecule has 5 N–H and O–H groups in total. The Morgan fingerprint density at radius 2 is 1.54 bits per heavy atom. The summed E-state index contributed by atoms with van der Waals surface area (Å²) in [5.74, 6) is -0.146. The molecule has 0 saturated carbocycles. The van der Waals surface area contributed by atoms with Crippen LogP contribution in [-0.2, 0) is 25.2 Å². The number of nitrogens with one attached hydrogen (secondary N) is 5. The Bertz CT molecular complexity index is 2140. The van der Waals surface area contributed by atoms with E-state index < -0.39 is 22.9 Å². The lowest BCUT2D eigenvalue weighted by atomic mass is 9.73. The molecule has 15 heteroatoms. The molecule has 3 heterocycles. The van der Waals surface area contributed by atoms with Crippen molar-refractivity contribution < 1.29 is 23.9 Å². The summed E-state index contributed by atoms with van der Waals surface area (Å²) in [7, 11) is 0. The number of hydrogen-bond acceptors (Lipinski definition) is 7. The van der Waals surface area contributed by atoms with E-state index in [-0.39, 0.29) is 42.7 Å². The van der Waals surface area contributed by atoms with E-state index in [2.05, 4.69) is 64.3 Å². The number of hydrogen-bond donors (Lipinski definition) is 5. The van der Waals surface area contributed by atoms with Gasteiger partial charge in [0.2, 0.25) is 11.8 Å². The van der Waals surface area contributed by atoms with E-state index in [1.165, 1.54) is 51.4 Å². The first-order valence-electron chi connectivity index (χ1n) is 21.9. The third-order valence-electron chi connectivity index (χ3n) is 11.9. The number of unbranched alkanes of at least 4 members (excludes halogenated alkanes) is 9. The normalized spacial score (nSPS) is 14.7. The van der Waals surface area contributed by atoms with Crippen LogP contribution in [0.3, 0.4) is 0 Å². The molecule has 1 atom stereocenters. The van der Waals surface area contributed by atoms with E-state index in [4.69, 9.17) is 16.3 Å². The zero-order chi connectivity index (χ0) is 44.4. The molecule has 1 aliphatic rings. The van der Waals surface area contributed by atoms with Crippen molar-refractivity contribution in [1.82, 2.24) is 30.4 Å². The van der Waals surface area contributed by atoms with Gasteiger partial charge in [-0.1, -0.05) is 129 Å². The van der Waals surface area contributed by atoms with E-state index >= 15 is 0 Å². The molecular formula is C46H66ClN9O5. The molecule has 0 spiro atoms. The van der Waals surface area contributed by atoms with E-state index in [9.17, 15) is 19.2 Å². The summed E-state index contributed by atoms with van der Waals surface area (Å²) in [4.78, 5) is 54.2. The summed E-state index contributed by atoms with van der Waals surface area (Å²) in [6.07, 6.45) is 12.4. The summed E-state index contributed by atoms with van der Waals surface area (Å²) in [5.41, 5.74) is 0.981. The SMILES string of the molecule is CCCCCCCCCCCCNC(=O)C1CC(=O)N(c2cccc(NC(=O)Nc3ccccc3OCC(=O)NC(C)(C)C(C)(C)c3nnc4c(Cl)c(C(C)(C)C)[nH]n34)c2)C1. The van der Waals surface area contributed by atoms with Crippen LogP contribution in [-0.4, -0.2) is 68.8 Å². The van der Waals surface area contributed by atoms with E-state index in [0.29, 0.717) is 45.9 Å². The third-order valence-corrected chi connectivity index (χ3v) is 12.2. The van der Waals surface area contributed by atoms with Gasteiger partial charge in [0.25, 0.3) is 5.91 Å². The summed E-state index contributed by atoms with van der Waals surface area (Å²) < 4.78 is 7.71. The van der Waals surface area contributed by atoms with Crippen LogP contribution in [0.1, 0.15) is 138 Å². The molecule has 1 unspecified atom stereocenters. The minimum atomic E-state index is -0.818. The summed E-state index contributed by atoms with van der Waals surface area (Å²) >= 11 is 6.68. The minimum absolute atomic E-state index is 0.100. The lowest BCUT2D eigenvalue weighted by Gasteiger charge is -2.40. The molecular weight excluding hydrogens is 794 g/mol. The lowest BCUT2D eigenvalue weighted by molar-refractivity contribution is -0.126. The van der Waals surface area contributed by atoms with Crippen LogP contribution < -0.4 is 30.9 Å². The topological polar surface area (TPSA) is 175 Å². The molecule has 2 aromatic heterocycles. The van der Waals surface area contributed by atoms with E-state index in [1.54, 1.807) is 57.9 Å². The second-order valence-electron chi connectivity index (χ2n) is 18.3. The van der Waals surface area contributed by atoms with E-state index in [1.807, 2.05) is 27.7 Å². The molecule has 0 bridgehead atoms. The highest BCUT2D eigenvalue weighted by Gasteiger charge is 2.44. The van der Waals surface area contributed by atoms with Gasteiger partial charge < -0.3 is 30.9 Å². The smallest absolute Gasteiger partial charge is 0.323 e. The molecule has 1 fully saturated rings. The van der Waals surface area contributed by atoms with Crippen LogP contribution in [0, 0.1) is 5.92 Å². The average molecular weight is 861 g/mol. The van der Waals surface area contributed by atoms with Gasteiger partial charge in [-0.15, -0.1) is 10.2 Å². The van der Waals surface area contributed by atoms with Crippen molar-refractivity contribution in [1.29, 1.82) is 0 Å². The van der Waals surface area contributed by atoms with Gasteiger partial charge in [-0.2, -0.15) is 0 Å². The Morgan fingerprint density at radius 1 is 0.869 bits per heavy atom. The van der Waals surface area contributed by atoms with Crippen LogP contribution in [0.25, 0.3) is 5.65 Å². The first kappa shape index (κ1) is 46.9. The highest BCUT2D eigenvalue weighted by Crippen LogP contribution is 2.37. The number of amides is 5. The molecule has 332 valence electrons. The Morgan fingerprint density at radius 3 is 2.23 bits per heavy atom. The summed E-state index contributed by atoms with van der Waals surface area (Å²) in [6, 6.07) is 13.2. The molecule has 5 amide bonds. The molecule has 2 aromatic carbocycles. The predicted molar refractivity (Wildman–Crippen MR) is 243 cm³/mol. The highest BCUT2D eigenvalue weighted by atomic mass is 35.5. The maximum absolute atomic E-state index is 13.4. The molecule has 1 aliphatic heterocycles. The van der Waals surface area contributed by atoms with Crippen LogP contribution in [0.5, 0.6) is 5.75 Å². The minimum Gasteiger partial charge on any atom is -0.482 e. The maximum Gasteiger partial charge on any atom is 0.323 e. The van der Waals surface area contributed by atoms with Gasteiger partial charge >= 0.3 is 6.03 Å². The number of halogens is 1. The number of carbonyl (C=O) groups excluding carboxylic acids is 4. The van der Waals surface area contributed by atoms with Crippen molar-refractivity contribution in [3.8, 4) is 5.75 Å². The van der Waals surface area contributed by atoms with Gasteiger partial charge in [0, 0.05) is 47.3 Å². The Kier molecular flexibility index (Phi) is 15.9. The number of aromatic amines is 1. The number of carbonyl (C=O) groups is 4. The number of nitrogens with zero attached hydrogens (tertiary/aromatic N) is 4. The Balaban J connectivity index is 1.09. The van der Waals surface area contributed by atoms with E-state index in [0.717, 1.165) is 18.5 Å². The summed E-state index contributed by atoms with van der Waals surface area (Å²) in [6.45, 7) is 16.7. The van der Waals surface area contributed by atoms with Gasteiger partial charge in [0.05, 0.1) is 17.3 Å². The molecule has 61 heavy (non-hydrogen) atoms. The number of ether oxygens (including phenoxy) is 1. The maximum atomic E-state index is 13.4. The number of aromatic nitrogens is 4. The number of para-hydroxylation sites is 2. The fourth-order valence-corrected chi connectivity index (χ4v) is 7.95. The first-order chi connectivity index (χ1) is 28.9. The number of anilines is 3. The van der Waals surface area contributed by atoms with Crippen LogP contribution in [0.15, 0.2) is 48.5 Å². The molecule has 0 radical (unpaired) electrons. The quantitative estimate of drug-likeness (QED) is 0.0519. The predicted octanol–water partition coefficient (Wildman–Crippen LogP) is 9.29. The van der Waals surface area contributed by atoms with Gasteiger partial charge in [-0.05, 0) is 50.6 Å².